The third kappa shape index (κ3) is 4.53. The van der Waals surface area contributed by atoms with Crippen LogP contribution in [-0.4, -0.2) is 51.2 Å². The molecule has 0 radical (unpaired) electrons. The molecule has 1 rings (SSSR count). The van der Waals surface area contributed by atoms with Gasteiger partial charge in [-0.05, 0) is 19.2 Å². The number of hydrogen-bond acceptors (Lipinski definition) is 5. The van der Waals surface area contributed by atoms with Gasteiger partial charge in [0.2, 0.25) is 0 Å². The Labute approximate surface area is 126 Å². The fourth-order valence-electron chi connectivity index (χ4n) is 2.05. The number of anilines is 1. The zero-order valence-electron chi connectivity index (χ0n) is 13.2. The second kappa shape index (κ2) is 8.36. The van der Waals surface area contributed by atoms with Gasteiger partial charge in [0.25, 0.3) is 5.91 Å². The van der Waals surface area contributed by atoms with Crippen molar-refractivity contribution in [3.63, 3.8) is 0 Å². The van der Waals surface area contributed by atoms with E-state index in [0.717, 1.165) is 19.6 Å². The second-order valence-electron chi connectivity index (χ2n) is 4.58. The molecular weight excluding hydrogens is 270 g/mol. The number of ether oxygens (including phenoxy) is 2. The van der Waals surface area contributed by atoms with Crippen molar-refractivity contribution in [3.05, 3.63) is 17.7 Å². The molecule has 0 aromatic heterocycles. The molecule has 0 heterocycles. The minimum atomic E-state index is -0.208. The monoisotopic (exact) mass is 295 g/mol. The molecule has 3 N–H and O–H groups in total. The Morgan fingerprint density at radius 3 is 2.29 bits per heavy atom. The Morgan fingerprint density at radius 1 is 1.19 bits per heavy atom. The number of likely N-dealkylation sites (N-methyl/N-ethyl adjacent to an activating group) is 1. The molecule has 0 aliphatic rings. The average molecular weight is 295 g/mol. The molecule has 1 amide bonds. The van der Waals surface area contributed by atoms with Crippen LogP contribution in [0, 0.1) is 0 Å². The van der Waals surface area contributed by atoms with Crippen LogP contribution < -0.4 is 20.5 Å². The molecule has 21 heavy (non-hydrogen) atoms. The van der Waals surface area contributed by atoms with Crippen molar-refractivity contribution in [2.75, 3.05) is 46.1 Å². The summed E-state index contributed by atoms with van der Waals surface area (Å²) < 4.78 is 10.3. The first-order chi connectivity index (χ1) is 10.1. The summed E-state index contributed by atoms with van der Waals surface area (Å²) in [6, 6.07) is 3.19. The highest BCUT2D eigenvalue weighted by Gasteiger charge is 2.15. The maximum atomic E-state index is 12.2. The molecule has 0 unspecified atom stereocenters. The maximum Gasteiger partial charge on any atom is 0.253 e. The molecule has 0 spiro atoms. The number of amides is 1. The van der Waals surface area contributed by atoms with Crippen molar-refractivity contribution in [1.29, 1.82) is 0 Å². The lowest BCUT2D eigenvalue weighted by Crippen LogP contribution is -2.35. The molecule has 118 valence electrons. The minimum Gasteiger partial charge on any atom is -0.493 e. The molecule has 0 bridgehead atoms. The number of nitrogens with one attached hydrogen (secondary N) is 1. The molecule has 0 aliphatic carbocycles. The smallest absolute Gasteiger partial charge is 0.253 e. The Hall–Kier alpha value is -1.95. The summed E-state index contributed by atoms with van der Waals surface area (Å²) in [4.78, 5) is 14.4. The highest BCUT2D eigenvalue weighted by Crippen LogP contribution is 2.31. The van der Waals surface area contributed by atoms with E-state index in [-0.39, 0.29) is 5.91 Å². The van der Waals surface area contributed by atoms with Gasteiger partial charge in [0, 0.05) is 24.8 Å². The molecule has 6 heteroatoms. The van der Waals surface area contributed by atoms with Gasteiger partial charge < -0.3 is 25.4 Å². The van der Waals surface area contributed by atoms with E-state index in [9.17, 15) is 4.79 Å². The summed E-state index contributed by atoms with van der Waals surface area (Å²) in [5.74, 6) is 0.788. The summed E-state index contributed by atoms with van der Waals surface area (Å²) >= 11 is 0. The van der Waals surface area contributed by atoms with Crippen LogP contribution in [0.15, 0.2) is 12.1 Å². The average Bonchev–Trinajstić information content (AvgIpc) is 2.50. The van der Waals surface area contributed by atoms with Gasteiger partial charge in [-0.3, -0.25) is 4.79 Å². The molecule has 1 aromatic rings. The van der Waals surface area contributed by atoms with Gasteiger partial charge in [0.05, 0.1) is 19.8 Å². The number of hydrogen-bond donors (Lipinski definition) is 2. The first kappa shape index (κ1) is 17.1. The van der Waals surface area contributed by atoms with E-state index < -0.39 is 0 Å². The van der Waals surface area contributed by atoms with Gasteiger partial charge in [-0.15, -0.1) is 0 Å². The lowest BCUT2D eigenvalue weighted by Gasteiger charge is -2.18. The van der Waals surface area contributed by atoms with Gasteiger partial charge in [0.1, 0.15) is 0 Å². The third-order valence-electron chi connectivity index (χ3n) is 3.41. The van der Waals surface area contributed by atoms with E-state index in [1.807, 2.05) is 0 Å². The highest BCUT2D eigenvalue weighted by molar-refractivity contribution is 6.00. The zero-order chi connectivity index (χ0) is 15.8. The SMILES string of the molecule is CCN(CC)CCNC(=O)c1cc(OC)c(OC)cc1N. The standard InChI is InChI=1S/C15H25N3O3/c1-5-18(6-2)8-7-17-15(19)11-9-13(20-3)14(21-4)10-12(11)16/h9-10H,5-8,16H2,1-4H3,(H,17,19). The molecule has 0 atom stereocenters. The molecule has 0 fully saturated rings. The molecular formula is C15H25N3O3. The Bertz CT molecular complexity index is 473. The van der Waals surface area contributed by atoms with E-state index >= 15 is 0 Å². The third-order valence-corrected chi connectivity index (χ3v) is 3.41. The lowest BCUT2D eigenvalue weighted by atomic mass is 10.1. The van der Waals surface area contributed by atoms with E-state index in [2.05, 4.69) is 24.1 Å². The number of benzene rings is 1. The van der Waals surface area contributed by atoms with Gasteiger partial charge >= 0.3 is 0 Å². The fourth-order valence-corrected chi connectivity index (χ4v) is 2.05. The summed E-state index contributed by atoms with van der Waals surface area (Å²) in [5.41, 5.74) is 6.66. The quantitative estimate of drug-likeness (QED) is 0.708. The van der Waals surface area contributed by atoms with E-state index in [1.54, 1.807) is 12.1 Å². The number of carbonyl (C=O) groups is 1. The molecule has 0 aliphatic heterocycles. The normalized spacial score (nSPS) is 10.5. The van der Waals surface area contributed by atoms with E-state index in [1.165, 1.54) is 14.2 Å². The summed E-state index contributed by atoms with van der Waals surface area (Å²) in [6.07, 6.45) is 0. The number of nitrogens with zero attached hydrogens (tertiary/aromatic N) is 1. The number of rotatable bonds is 8. The molecule has 6 nitrogen and oxygen atoms in total. The van der Waals surface area contributed by atoms with Gasteiger partial charge in [-0.2, -0.15) is 0 Å². The van der Waals surface area contributed by atoms with Crippen LogP contribution in [0.25, 0.3) is 0 Å². The highest BCUT2D eigenvalue weighted by atomic mass is 16.5. The Morgan fingerprint density at radius 2 is 1.76 bits per heavy atom. The molecule has 0 saturated heterocycles. The van der Waals surface area contributed by atoms with Crippen LogP contribution in [-0.2, 0) is 0 Å². The number of methoxy groups -OCH3 is 2. The minimum absolute atomic E-state index is 0.208. The van der Waals surface area contributed by atoms with Crippen molar-refractivity contribution in [1.82, 2.24) is 10.2 Å². The van der Waals surface area contributed by atoms with Crippen LogP contribution in [0.3, 0.4) is 0 Å². The predicted octanol–water partition coefficient (Wildman–Crippen LogP) is 1.36. The van der Waals surface area contributed by atoms with Gasteiger partial charge in [-0.1, -0.05) is 13.8 Å². The summed E-state index contributed by atoms with van der Waals surface area (Å²) in [7, 11) is 3.05. The van der Waals surface area contributed by atoms with Crippen molar-refractivity contribution in [2.45, 2.75) is 13.8 Å². The topological polar surface area (TPSA) is 76.8 Å². The van der Waals surface area contributed by atoms with Crippen LogP contribution in [0.1, 0.15) is 24.2 Å². The van der Waals surface area contributed by atoms with Crippen molar-refractivity contribution < 1.29 is 14.3 Å². The predicted molar refractivity (Wildman–Crippen MR) is 84.1 cm³/mol. The van der Waals surface area contributed by atoms with Crippen molar-refractivity contribution >= 4 is 11.6 Å². The summed E-state index contributed by atoms with van der Waals surface area (Å²) in [5, 5.41) is 2.87. The van der Waals surface area contributed by atoms with Gasteiger partial charge in [-0.25, -0.2) is 0 Å². The Kier molecular flexibility index (Phi) is 6.81. The van der Waals surface area contributed by atoms with Crippen molar-refractivity contribution in [2.24, 2.45) is 0 Å². The Balaban J connectivity index is 2.74. The van der Waals surface area contributed by atoms with Crippen molar-refractivity contribution in [3.8, 4) is 11.5 Å². The number of nitrogen functional groups attached to an aromatic ring is 1. The second-order valence-corrected chi connectivity index (χ2v) is 4.58. The van der Waals surface area contributed by atoms with E-state index in [4.69, 9.17) is 15.2 Å². The zero-order valence-corrected chi connectivity index (χ0v) is 13.2. The largest absolute Gasteiger partial charge is 0.493 e. The molecule has 1 aromatic carbocycles. The van der Waals surface area contributed by atoms with Crippen LogP contribution in [0.5, 0.6) is 11.5 Å². The van der Waals surface area contributed by atoms with Crippen LogP contribution in [0.4, 0.5) is 5.69 Å². The number of carbonyl (C=O) groups excluding carboxylic acids is 1. The first-order valence-corrected chi connectivity index (χ1v) is 7.09. The van der Waals surface area contributed by atoms with Crippen LogP contribution in [0.2, 0.25) is 0 Å². The summed E-state index contributed by atoms with van der Waals surface area (Å²) in [6.45, 7) is 7.51. The van der Waals surface area contributed by atoms with E-state index in [0.29, 0.717) is 29.3 Å². The van der Waals surface area contributed by atoms with Gasteiger partial charge in [0.15, 0.2) is 11.5 Å². The molecule has 0 saturated carbocycles. The lowest BCUT2D eigenvalue weighted by molar-refractivity contribution is 0.0949. The number of nitrogens with two attached hydrogens (primary N) is 1. The first-order valence-electron chi connectivity index (χ1n) is 7.09. The maximum absolute atomic E-state index is 12.2. The fraction of sp³-hybridized carbons (Fsp3) is 0.533. The van der Waals surface area contributed by atoms with Crippen LogP contribution >= 0.6 is 0 Å².